The second-order valence-electron chi connectivity index (χ2n) is 5.90. The molecular weight excluding hydrogens is 439 g/mol. The Morgan fingerprint density at radius 1 is 0.962 bits per heavy atom. The van der Waals surface area contributed by atoms with Crippen molar-refractivity contribution in [1.82, 2.24) is 15.2 Å². The third kappa shape index (κ3) is 9.82. The topological polar surface area (TPSA) is 50.6 Å². The lowest BCUT2D eigenvalue weighted by Crippen LogP contribution is -2.39. The van der Waals surface area contributed by atoms with Crippen molar-refractivity contribution in [3.8, 4) is 0 Å². The molecule has 2 aromatic rings. The zero-order valence-electron chi connectivity index (χ0n) is 15.6. The number of unbranched alkanes of at least 4 members (excludes halogenated alkanes) is 1. The molecule has 0 unspecified atom stereocenters. The van der Waals surface area contributed by atoms with E-state index in [9.17, 15) is 0 Å². The Labute approximate surface area is 174 Å². The van der Waals surface area contributed by atoms with Gasteiger partial charge in [-0.3, -0.25) is 4.99 Å². The zero-order valence-corrected chi connectivity index (χ0v) is 17.9. The summed E-state index contributed by atoms with van der Waals surface area (Å²) in [6.07, 6.45) is 7.24. The van der Waals surface area contributed by atoms with Gasteiger partial charge in [0.05, 0.1) is 6.61 Å². The van der Waals surface area contributed by atoms with Crippen LogP contribution >= 0.6 is 24.0 Å². The number of nitrogens with one attached hydrogen (secondary N) is 2. The number of hydrogen-bond acceptors (Lipinski definition) is 2. The van der Waals surface area contributed by atoms with Crippen LogP contribution in [0.25, 0.3) is 0 Å². The van der Waals surface area contributed by atoms with Crippen LogP contribution in [-0.2, 0) is 17.7 Å². The molecule has 0 amide bonds. The third-order valence-electron chi connectivity index (χ3n) is 3.94. The zero-order chi connectivity index (χ0) is 17.6. The van der Waals surface area contributed by atoms with Crippen molar-refractivity contribution in [2.75, 3.05) is 33.4 Å². The summed E-state index contributed by atoms with van der Waals surface area (Å²) in [6.45, 7) is 4.30. The summed E-state index contributed by atoms with van der Waals surface area (Å²) >= 11 is 0. The van der Waals surface area contributed by atoms with Crippen molar-refractivity contribution < 1.29 is 4.74 Å². The molecule has 0 fully saturated rings. The normalized spacial score (nSPS) is 11.0. The highest BCUT2D eigenvalue weighted by atomic mass is 127. The summed E-state index contributed by atoms with van der Waals surface area (Å²) in [5, 5.41) is 6.66. The first kappa shape index (κ1) is 22.5. The van der Waals surface area contributed by atoms with Gasteiger partial charge in [0.25, 0.3) is 0 Å². The molecule has 0 radical (unpaired) electrons. The number of guanidine groups is 1. The molecule has 1 heterocycles. The van der Waals surface area contributed by atoms with E-state index in [1.165, 1.54) is 5.56 Å². The summed E-state index contributed by atoms with van der Waals surface area (Å²) in [7, 11) is 1.80. The van der Waals surface area contributed by atoms with Gasteiger partial charge in [-0.1, -0.05) is 30.3 Å². The van der Waals surface area contributed by atoms with E-state index in [1.54, 1.807) is 7.05 Å². The molecule has 2 N–H and O–H groups in total. The molecule has 1 aromatic heterocycles. The minimum Gasteiger partial charge on any atom is -0.381 e. The molecule has 0 aliphatic carbocycles. The number of nitrogens with zero attached hydrogens (tertiary/aromatic N) is 2. The Hall–Kier alpha value is -1.54. The summed E-state index contributed by atoms with van der Waals surface area (Å²) < 4.78 is 7.85. The first-order valence-corrected chi connectivity index (χ1v) is 9.05. The second-order valence-corrected chi connectivity index (χ2v) is 5.90. The van der Waals surface area contributed by atoms with Crippen molar-refractivity contribution in [3.05, 3.63) is 60.4 Å². The van der Waals surface area contributed by atoms with Gasteiger partial charge in [-0.05, 0) is 37.0 Å². The molecule has 0 aliphatic rings. The van der Waals surface area contributed by atoms with E-state index < -0.39 is 0 Å². The molecule has 0 bridgehead atoms. The van der Waals surface area contributed by atoms with Crippen LogP contribution in [0.3, 0.4) is 0 Å². The SMILES string of the molecule is CN=C(NCCCCOCCc1ccccc1)NCCn1cccc1.I. The van der Waals surface area contributed by atoms with Gasteiger partial charge in [-0.2, -0.15) is 0 Å². The Morgan fingerprint density at radius 2 is 1.69 bits per heavy atom. The molecule has 26 heavy (non-hydrogen) atoms. The maximum Gasteiger partial charge on any atom is 0.191 e. The molecule has 0 atom stereocenters. The van der Waals surface area contributed by atoms with E-state index in [0.29, 0.717) is 0 Å². The number of aliphatic imine (C=N–C) groups is 1. The van der Waals surface area contributed by atoms with Gasteiger partial charge in [0.2, 0.25) is 0 Å². The fraction of sp³-hybridized carbons (Fsp3) is 0.450. The minimum atomic E-state index is 0. The molecule has 2 rings (SSSR count). The van der Waals surface area contributed by atoms with Crippen LogP contribution in [0.4, 0.5) is 0 Å². The molecule has 144 valence electrons. The molecule has 0 saturated carbocycles. The van der Waals surface area contributed by atoms with Crippen molar-refractivity contribution in [3.63, 3.8) is 0 Å². The average molecular weight is 470 g/mol. The Balaban J connectivity index is 0.00000338. The third-order valence-corrected chi connectivity index (χ3v) is 3.94. The van der Waals surface area contributed by atoms with Crippen LogP contribution < -0.4 is 10.6 Å². The highest BCUT2D eigenvalue weighted by Crippen LogP contribution is 2.00. The highest BCUT2D eigenvalue weighted by molar-refractivity contribution is 14.0. The Kier molecular flexibility index (Phi) is 12.6. The molecule has 0 spiro atoms. The van der Waals surface area contributed by atoms with Crippen LogP contribution in [0.5, 0.6) is 0 Å². The average Bonchev–Trinajstić information content (AvgIpc) is 3.16. The molecule has 0 aliphatic heterocycles. The first-order valence-electron chi connectivity index (χ1n) is 9.05. The predicted molar refractivity (Wildman–Crippen MR) is 119 cm³/mol. The number of hydrogen-bond donors (Lipinski definition) is 2. The Morgan fingerprint density at radius 3 is 2.42 bits per heavy atom. The minimum absolute atomic E-state index is 0. The van der Waals surface area contributed by atoms with E-state index >= 15 is 0 Å². The number of aromatic nitrogens is 1. The van der Waals surface area contributed by atoms with Gasteiger partial charge >= 0.3 is 0 Å². The molecule has 0 saturated heterocycles. The Bertz CT molecular complexity index is 587. The quantitative estimate of drug-likeness (QED) is 0.229. The van der Waals surface area contributed by atoms with Crippen LogP contribution in [0.1, 0.15) is 18.4 Å². The number of benzene rings is 1. The smallest absolute Gasteiger partial charge is 0.191 e. The maximum absolute atomic E-state index is 5.70. The summed E-state index contributed by atoms with van der Waals surface area (Å²) in [4.78, 5) is 4.24. The monoisotopic (exact) mass is 470 g/mol. The fourth-order valence-electron chi connectivity index (χ4n) is 2.52. The molecule has 5 nitrogen and oxygen atoms in total. The van der Waals surface area contributed by atoms with Crippen LogP contribution in [-0.4, -0.2) is 43.9 Å². The lowest BCUT2D eigenvalue weighted by Gasteiger charge is -2.12. The fourth-order valence-corrected chi connectivity index (χ4v) is 2.52. The highest BCUT2D eigenvalue weighted by Gasteiger charge is 1.97. The van der Waals surface area contributed by atoms with Gasteiger partial charge in [0, 0.05) is 45.7 Å². The lowest BCUT2D eigenvalue weighted by atomic mass is 10.2. The van der Waals surface area contributed by atoms with E-state index in [1.807, 2.05) is 18.2 Å². The largest absolute Gasteiger partial charge is 0.381 e. The first-order chi connectivity index (χ1) is 12.4. The summed E-state index contributed by atoms with van der Waals surface area (Å²) in [5.41, 5.74) is 1.33. The van der Waals surface area contributed by atoms with E-state index in [2.05, 4.69) is 56.9 Å². The van der Waals surface area contributed by atoms with Crippen molar-refractivity contribution in [1.29, 1.82) is 0 Å². The predicted octanol–water partition coefficient (Wildman–Crippen LogP) is 3.31. The second kappa shape index (κ2) is 14.6. The van der Waals surface area contributed by atoms with E-state index in [-0.39, 0.29) is 24.0 Å². The van der Waals surface area contributed by atoms with Crippen LogP contribution in [0.15, 0.2) is 59.9 Å². The number of ether oxygens (including phenoxy) is 1. The van der Waals surface area contributed by atoms with Gasteiger partial charge in [-0.25, -0.2) is 0 Å². The van der Waals surface area contributed by atoms with Crippen LogP contribution in [0, 0.1) is 0 Å². The van der Waals surface area contributed by atoms with Crippen LogP contribution in [0.2, 0.25) is 0 Å². The molecular formula is C20H31IN4O. The summed E-state index contributed by atoms with van der Waals surface area (Å²) in [6, 6.07) is 14.5. The van der Waals surface area contributed by atoms with Gasteiger partial charge in [-0.15, -0.1) is 24.0 Å². The van der Waals surface area contributed by atoms with E-state index in [4.69, 9.17) is 4.74 Å². The van der Waals surface area contributed by atoms with Crippen molar-refractivity contribution >= 4 is 29.9 Å². The number of rotatable bonds is 11. The van der Waals surface area contributed by atoms with Crippen molar-refractivity contribution in [2.24, 2.45) is 4.99 Å². The van der Waals surface area contributed by atoms with Gasteiger partial charge in [0.1, 0.15) is 0 Å². The molecule has 6 heteroatoms. The van der Waals surface area contributed by atoms with Gasteiger partial charge < -0.3 is 19.9 Å². The standard InChI is InChI=1S/C20H30N4O.HI/c1-21-20(23-13-16-24-14-6-7-15-24)22-12-5-8-17-25-18-11-19-9-3-2-4-10-19;/h2-4,6-7,9-10,14-15H,5,8,11-13,16-18H2,1H3,(H2,21,22,23);1H. The summed E-state index contributed by atoms with van der Waals surface area (Å²) in [5.74, 6) is 0.858. The van der Waals surface area contributed by atoms with Crippen molar-refractivity contribution in [2.45, 2.75) is 25.8 Å². The lowest BCUT2D eigenvalue weighted by molar-refractivity contribution is 0.133. The van der Waals surface area contributed by atoms with E-state index in [0.717, 1.165) is 58.1 Å². The maximum atomic E-state index is 5.70. The van der Waals surface area contributed by atoms with Gasteiger partial charge in [0.15, 0.2) is 5.96 Å². The molecule has 1 aromatic carbocycles. The number of halogens is 1.